The number of fused-ring (bicyclic) bond motifs is 1. The predicted molar refractivity (Wildman–Crippen MR) is 142 cm³/mol. The summed E-state index contributed by atoms with van der Waals surface area (Å²) >= 11 is 6.44. The highest BCUT2D eigenvalue weighted by atomic mass is 35.5. The number of likely N-dealkylation sites (tertiary alicyclic amines) is 1. The summed E-state index contributed by atoms with van der Waals surface area (Å²) in [4.78, 5) is 18.2. The van der Waals surface area contributed by atoms with Gasteiger partial charge in [-0.3, -0.25) is 9.78 Å². The van der Waals surface area contributed by atoms with Crippen molar-refractivity contribution < 1.29 is 32.9 Å². The molecular formula is C29H32ClF3N2O4. The van der Waals surface area contributed by atoms with Gasteiger partial charge in [0.25, 0.3) is 0 Å². The lowest BCUT2D eigenvalue weighted by Gasteiger charge is -2.41. The molecular weight excluding hydrogens is 533 g/mol. The van der Waals surface area contributed by atoms with Gasteiger partial charge in [-0.15, -0.1) is 0 Å². The number of methoxy groups -OCH3 is 1. The number of carboxylic acids is 1. The molecule has 2 aromatic carbocycles. The van der Waals surface area contributed by atoms with Crippen LogP contribution in [0.5, 0.6) is 5.75 Å². The van der Waals surface area contributed by atoms with Crippen LogP contribution in [0.15, 0.2) is 36.5 Å². The Kier molecular flexibility index (Phi) is 9.35. The number of aliphatic hydroxyl groups excluding tert-OH is 1. The number of halogens is 4. The van der Waals surface area contributed by atoms with Gasteiger partial charge in [0.2, 0.25) is 0 Å². The van der Waals surface area contributed by atoms with E-state index in [-0.39, 0.29) is 18.4 Å². The average Bonchev–Trinajstić information content (AvgIpc) is 2.89. The molecule has 1 fully saturated rings. The Hall–Kier alpha value is -2.88. The molecule has 0 unspecified atom stereocenters. The van der Waals surface area contributed by atoms with Gasteiger partial charge in [0.1, 0.15) is 23.2 Å². The number of piperidine rings is 1. The number of carboxylic acid groups (broad SMARTS) is 1. The van der Waals surface area contributed by atoms with Crippen molar-refractivity contribution in [2.24, 2.45) is 5.41 Å². The number of ether oxygens (including phenoxy) is 1. The van der Waals surface area contributed by atoms with Crippen LogP contribution in [-0.2, 0) is 11.2 Å². The second-order valence-corrected chi connectivity index (χ2v) is 10.7. The van der Waals surface area contributed by atoms with Gasteiger partial charge in [-0.1, -0.05) is 11.6 Å². The highest BCUT2D eigenvalue weighted by Gasteiger charge is 2.37. The number of carbonyl (C=O) groups is 1. The zero-order valence-electron chi connectivity index (χ0n) is 21.7. The predicted octanol–water partition coefficient (Wildman–Crippen LogP) is 6.32. The molecule has 0 saturated carbocycles. The van der Waals surface area contributed by atoms with E-state index in [1.807, 2.05) is 0 Å². The van der Waals surface area contributed by atoms with E-state index in [4.69, 9.17) is 16.3 Å². The van der Waals surface area contributed by atoms with Crippen LogP contribution in [0.3, 0.4) is 0 Å². The Morgan fingerprint density at radius 1 is 1.18 bits per heavy atom. The van der Waals surface area contributed by atoms with E-state index in [9.17, 15) is 28.2 Å². The van der Waals surface area contributed by atoms with Gasteiger partial charge >= 0.3 is 5.97 Å². The van der Waals surface area contributed by atoms with Crippen LogP contribution in [0.1, 0.15) is 55.8 Å². The number of pyridine rings is 1. The fraction of sp³-hybridized carbons (Fsp3) is 0.448. The summed E-state index contributed by atoms with van der Waals surface area (Å²) in [5.74, 6) is -2.99. The Labute approximate surface area is 230 Å². The van der Waals surface area contributed by atoms with Crippen molar-refractivity contribution in [3.8, 4) is 5.75 Å². The van der Waals surface area contributed by atoms with Gasteiger partial charge < -0.3 is 19.8 Å². The summed E-state index contributed by atoms with van der Waals surface area (Å²) in [6, 6.07) is 6.73. The lowest BCUT2D eigenvalue weighted by molar-refractivity contribution is -0.141. The summed E-state index contributed by atoms with van der Waals surface area (Å²) in [6.45, 7) is 1.85. The number of rotatable bonds is 11. The lowest BCUT2D eigenvalue weighted by atomic mass is 9.71. The maximum Gasteiger partial charge on any atom is 0.303 e. The maximum atomic E-state index is 13.9. The van der Waals surface area contributed by atoms with Gasteiger partial charge in [0.15, 0.2) is 0 Å². The molecule has 1 aliphatic heterocycles. The van der Waals surface area contributed by atoms with E-state index in [0.717, 1.165) is 0 Å². The molecule has 0 radical (unpaired) electrons. The molecule has 1 saturated heterocycles. The molecule has 6 nitrogen and oxygen atoms in total. The van der Waals surface area contributed by atoms with E-state index in [1.54, 1.807) is 25.3 Å². The van der Waals surface area contributed by atoms with Gasteiger partial charge in [0, 0.05) is 34.8 Å². The molecule has 1 aromatic heterocycles. The Balaban J connectivity index is 1.39. The molecule has 0 bridgehead atoms. The molecule has 39 heavy (non-hydrogen) atoms. The zero-order valence-corrected chi connectivity index (χ0v) is 22.5. The fourth-order valence-corrected chi connectivity index (χ4v) is 5.87. The van der Waals surface area contributed by atoms with Crippen molar-refractivity contribution in [1.29, 1.82) is 0 Å². The molecule has 4 rings (SSSR count). The van der Waals surface area contributed by atoms with Crippen molar-refractivity contribution in [3.05, 3.63) is 70.1 Å². The first-order valence-electron chi connectivity index (χ1n) is 13.0. The molecule has 1 aliphatic rings. The zero-order chi connectivity index (χ0) is 28.2. The van der Waals surface area contributed by atoms with Crippen molar-refractivity contribution in [2.75, 3.05) is 26.7 Å². The van der Waals surface area contributed by atoms with Crippen molar-refractivity contribution in [2.45, 2.75) is 51.0 Å². The number of aliphatic hydroxyl groups is 1. The summed E-state index contributed by atoms with van der Waals surface area (Å²) in [5.41, 5.74) is 0.598. The first-order chi connectivity index (χ1) is 18.6. The average molecular weight is 565 g/mol. The van der Waals surface area contributed by atoms with E-state index in [2.05, 4.69) is 9.88 Å². The number of aromatic nitrogens is 1. The Morgan fingerprint density at radius 2 is 1.87 bits per heavy atom. The highest BCUT2D eigenvalue weighted by molar-refractivity contribution is 6.32. The van der Waals surface area contributed by atoms with Gasteiger partial charge in [-0.25, -0.2) is 13.2 Å². The molecule has 10 heteroatoms. The van der Waals surface area contributed by atoms with Crippen molar-refractivity contribution in [3.63, 3.8) is 0 Å². The Morgan fingerprint density at radius 3 is 2.51 bits per heavy atom. The molecule has 2 N–H and O–H groups in total. The van der Waals surface area contributed by atoms with Crippen LogP contribution >= 0.6 is 11.6 Å². The van der Waals surface area contributed by atoms with Crippen LogP contribution in [0.2, 0.25) is 5.02 Å². The Bertz CT molecular complexity index is 1310. The molecule has 3 aromatic rings. The van der Waals surface area contributed by atoms with Crippen LogP contribution in [0.4, 0.5) is 13.2 Å². The second kappa shape index (κ2) is 12.5. The van der Waals surface area contributed by atoms with Crippen molar-refractivity contribution >= 4 is 28.5 Å². The number of nitrogens with zero attached hydrogens (tertiary/aromatic N) is 2. The largest absolute Gasteiger partial charge is 0.497 e. The van der Waals surface area contributed by atoms with Gasteiger partial charge in [-0.2, -0.15) is 0 Å². The van der Waals surface area contributed by atoms with E-state index >= 15 is 0 Å². The third kappa shape index (κ3) is 7.01. The molecule has 0 amide bonds. The topological polar surface area (TPSA) is 82.9 Å². The van der Waals surface area contributed by atoms with E-state index in [1.165, 1.54) is 6.20 Å². The minimum atomic E-state index is -0.941. The standard InChI is InChI=1S/C29H32ClF3N2O4/c1-39-19-4-5-25-21(15-19)28(22(30)17-34-25)26(36)6-7-29(16-27(37)38)8-11-35(12-9-29)10-2-3-20-23(32)13-18(31)14-24(20)33/h4-5,13-15,17,26,36H,2-3,6-12,16H2,1H3,(H,37,38)/t26-/m0/s1. The third-order valence-corrected chi connectivity index (χ3v) is 8.10. The van der Waals surface area contributed by atoms with Crippen LogP contribution < -0.4 is 4.74 Å². The lowest BCUT2D eigenvalue weighted by Crippen LogP contribution is -2.41. The smallest absolute Gasteiger partial charge is 0.303 e. The van der Waals surface area contributed by atoms with E-state index in [0.29, 0.717) is 91.1 Å². The first-order valence-corrected chi connectivity index (χ1v) is 13.4. The number of benzene rings is 2. The van der Waals surface area contributed by atoms with E-state index < -0.39 is 34.9 Å². The first kappa shape index (κ1) is 29.1. The molecule has 1 atom stereocenters. The number of aliphatic carboxylic acids is 1. The van der Waals surface area contributed by atoms with Gasteiger partial charge in [-0.05, 0) is 81.8 Å². The normalized spacial score (nSPS) is 16.4. The number of hydrogen-bond acceptors (Lipinski definition) is 5. The molecule has 0 aliphatic carbocycles. The monoisotopic (exact) mass is 564 g/mol. The summed E-state index contributed by atoms with van der Waals surface area (Å²) in [6.07, 6.45) is 3.25. The number of hydrogen-bond donors (Lipinski definition) is 2. The van der Waals surface area contributed by atoms with Gasteiger partial charge in [0.05, 0.1) is 30.2 Å². The van der Waals surface area contributed by atoms with Crippen LogP contribution in [-0.4, -0.2) is 52.8 Å². The minimum absolute atomic E-state index is 0.0157. The summed E-state index contributed by atoms with van der Waals surface area (Å²) < 4.78 is 46.3. The highest BCUT2D eigenvalue weighted by Crippen LogP contribution is 2.43. The minimum Gasteiger partial charge on any atom is -0.497 e. The summed E-state index contributed by atoms with van der Waals surface area (Å²) in [7, 11) is 1.55. The molecule has 210 valence electrons. The molecule has 2 heterocycles. The SMILES string of the molecule is COc1ccc2ncc(Cl)c([C@@H](O)CCC3(CC(=O)O)CCN(CCCc4c(F)cc(F)cc4F)CC3)c2c1. The summed E-state index contributed by atoms with van der Waals surface area (Å²) in [5, 5.41) is 21.8. The maximum absolute atomic E-state index is 13.9. The van der Waals surface area contributed by atoms with Crippen LogP contribution in [0, 0.1) is 22.9 Å². The second-order valence-electron chi connectivity index (χ2n) is 10.3. The fourth-order valence-electron chi connectivity index (χ4n) is 5.60. The third-order valence-electron chi connectivity index (χ3n) is 7.80. The van der Waals surface area contributed by atoms with Crippen LogP contribution in [0.25, 0.3) is 10.9 Å². The quantitative estimate of drug-likeness (QED) is 0.284. The molecule has 0 spiro atoms. The van der Waals surface area contributed by atoms with Crippen molar-refractivity contribution in [1.82, 2.24) is 9.88 Å².